The quantitative estimate of drug-likeness (QED) is 0.844. The molecule has 7 heteroatoms. The van der Waals surface area contributed by atoms with Gasteiger partial charge in [0.25, 0.3) is 5.91 Å². The first-order valence-corrected chi connectivity index (χ1v) is 7.27. The van der Waals surface area contributed by atoms with Crippen LogP contribution in [0.25, 0.3) is 0 Å². The molecule has 0 aliphatic rings. The van der Waals surface area contributed by atoms with Gasteiger partial charge in [-0.15, -0.1) is 11.8 Å². The van der Waals surface area contributed by atoms with E-state index < -0.39 is 0 Å². The second-order valence-corrected chi connectivity index (χ2v) is 5.18. The molecule has 0 fully saturated rings. The maximum absolute atomic E-state index is 12.1. The van der Waals surface area contributed by atoms with Crippen LogP contribution in [-0.4, -0.2) is 22.4 Å². The van der Waals surface area contributed by atoms with Crippen molar-refractivity contribution in [2.75, 3.05) is 11.6 Å². The predicted molar refractivity (Wildman–Crippen MR) is 77.2 cm³/mol. The van der Waals surface area contributed by atoms with Gasteiger partial charge in [0.2, 0.25) is 0 Å². The van der Waals surface area contributed by atoms with Gasteiger partial charge in [-0.05, 0) is 34.3 Å². The highest BCUT2D eigenvalue weighted by Gasteiger charge is 2.16. The van der Waals surface area contributed by atoms with Crippen LogP contribution in [0, 0.1) is 11.3 Å². The van der Waals surface area contributed by atoms with Crippen LogP contribution >= 0.6 is 27.7 Å². The molecule has 1 amide bonds. The highest BCUT2D eigenvalue weighted by Crippen LogP contribution is 2.24. The number of H-pyrrole nitrogens is 1. The van der Waals surface area contributed by atoms with E-state index in [2.05, 4.69) is 31.4 Å². The van der Waals surface area contributed by atoms with E-state index in [1.54, 1.807) is 18.2 Å². The first-order valence-electron chi connectivity index (χ1n) is 5.25. The number of anilines is 1. The van der Waals surface area contributed by atoms with Gasteiger partial charge in [0.1, 0.15) is 22.5 Å². The Morgan fingerprint density at radius 2 is 2.26 bits per heavy atom. The number of nitriles is 1. The molecule has 0 aliphatic carbocycles. The van der Waals surface area contributed by atoms with E-state index in [-0.39, 0.29) is 5.91 Å². The Hall–Kier alpha value is -1.78. The average Bonchev–Trinajstić information content (AvgIpc) is 2.81. The molecular weight excluding hydrogens is 328 g/mol. The van der Waals surface area contributed by atoms with Crippen molar-refractivity contribution in [2.24, 2.45) is 0 Å². The molecule has 0 bridgehead atoms. The van der Waals surface area contributed by atoms with Gasteiger partial charge >= 0.3 is 0 Å². The minimum atomic E-state index is -0.305. The van der Waals surface area contributed by atoms with Gasteiger partial charge in [-0.2, -0.15) is 10.4 Å². The maximum atomic E-state index is 12.1. The molecule has 0 atom stereocenters. The van der Waals surface area contributed by atoms with Gasteiger partial charge in [-0.1, -0.05) is 12.1 Å². The number of aromatic amines is 1. The van der Waals surface area contributed by atoms with Gasteiger partial charge in [0.15, 0.2) is 0 Å². The number of rotatable bonds is 3. The van der Waals surface area contributed by atoms with Crippen LogP contribution < -0.4 is 5.32 Å². The Kier molecular flexibility index (Phi) is 4.24. The third-order valence-electron chi connectivity index (χ3n) is 2.40. The third-order valence-corrected chi connectivity index (χ3v) is 3.77. The molecule has 1 aromatic heterocycles. The number of amides is 1. The van der Waals surface area contributed by atoms with Crippen LogP contribution in [-0.2, 0) is 0 Å². The minimum Gasteiger partial charge on any atom is -0.306 e. The Balaban J connectivity index is 2.28. The SMILES string of the molecule is CSc1n[nH]c(NC(=O)c2ccccc2Br)c1C#N. The van der Waals surface area contributed by atoms with Crippen molar-refractivity contribution < 1.29 is 4.79 Å². The molecule has 1 heterocycles. The summed E-state index contributed by atoms with van der Waals surface area (Å²) >= 11 is 4.65. The van der Waals surface area contributed by atoms with Gasteiger partial charge in [-0.25, -0.2) is 0 Å². The van der Waals surface area contributed by atoms with E-state index in [1.165, 1.54) is 11.8 Å². The predicted octanol–water partition coefficient (Wildman–Crippen LogP) is 3.02. The molecule has 96 valence electrons. The number of thioether (sulfide) groups is 1. The Bertz CT molecular complexity index is 662. The summed E-state index contributed by atoms with van der Waals surface area (Å²) in [6.45, 7) is 0. The van der Waals surface area contributed by atoms with E-state index in [1.807, 2.05) is 18.4 Å². The highest BCUT2D eigenvalue weighted by molar-refractivity contribution is 9.10. The third kappa shape index (κ3) is 2.80. The van der Waals surface area contributed by atoms with Crippen LogP contribution in [0.5, 0.6) is 0 Å². The zero-order chi connectivity index (χ0) is 13.8. The Morgan fingerprint density at radius 1 is 1.53 bits per heavy atom. The summed E-state index contributed by atoms with van der Waals surface area (Å²) < 4.78 is 0.690. The minimum absolute atomic E-state index is 0.305. The number of nitrogens with one attached hydrogen (secondary N) is 2. The van der Waals surface area contributed by atoms with Crippen LogP contribution in [0.1, 0.15) is 15.9 Å². The fourth-order valence-corrected chi connectivity index (χ4v) is 2.45. The van der Waals surface area contributed by atoms with Crippen molar-refractivity contribution in [3.05, 3.63) is 39.9 Å². The van der Waals surface area contributed by atoms with Crippen molar-refractivity contribution in [3.8, 4) is 6.07 Å². The van der Waals surface area contributed by atoms with E-state index in [4.69, 9.17) is 5.26 Å². The van der Waals surface area contributed by atoms with Gasteiger partial charge < -0.3 is 5.32 Å². The molecule has 0 unspecified atom stereocenters. The van der Waals surface area contributed by atoms with Crippen LogP contribution in [0.4, 0.5) is 5.82 Å². The molecule has 2 aromatic rings. The number of hydrogen-bond acceptors (Lipinski definition) is 4. The normalized spacial score (nSPS) is 9.95. The molecule has 1 aromatic carbocycles. The number of carbonyl (C=O) groups excluding carboxylic acids is 1. The smallest absolute Gasteiger partial charge is 0.257 e. The first-order chi connectivity index (χ1) is 9.17. The van der Waals surface area contributed by atoms with Crippen LogP contribution in [0.3, 0.4) is 0 Å². The molecule has 5 nitrogen and oxygen atoms in total. The summed E-state index contributed by atoms with van der Waals surface area (Å²) in [5.41, 5.74) is 0.833. The number of hydrogen-bond donors (Lipinski definition) is 2. The molecule has 2 rings (SSSR count). The number of aromatic nitrogens is 2. The van der Waals surface area contributed by atoms with Gasteiger partial charge in [-0.3, -0.25) is 9.89 Å². The summed E-state index contributed by atoms with van der Waals surface area (Å²) in [5, 5.41) is 18.9. The first kappa shape index (κ1) is 13.6. The molecule has 0 radical (unpaired) electrons. The van der Waals surface area contributed by atoms with Crippen molar-refractivity contribution in [1.82, 2.24) is 10.2 Å². The fraction of sp³-hybridized carbons (Fsp3) is 0.0833. The molecular formula is C12H9BrN4OS. The summed E-state index contributed by atoms with van der Waals surface area (Å²) in [7, 11) is 0. The highest BCUT2D eigenvalue weighted by atomic mass is 79.9. The molecule has 0 saturated heterocycles. The van der Waals surface area contributed by atoms with Crippen molar-refractivity contribution in [3.63, 3.8) is 0 Å². The Morgan fingerprint density at radius 3 is 2.89 bits per heavy atom. The van der Waals surface area contributed by atoms with E-state index in [0.717, 1.165) is 0 Å². The lowest BCUT2D eigenvalue weighted by molar-refractivity contribution is 0.102. The molecule has 2 N–H and O–H groups in total. The standard InChI is InChI=1S/C12H9BrN4OS/c1-19-12-8(6-14)10(16-17-12)15-11(18)7-4-2-3-5-9(7)13/h2-5H,1H3,(H2,15,16,17,18). The summed E-state index contributed by atoms with van der Waals surface area (Å²) in [6.07, 6.45) is 1.82. The van der Waals surface area contributed by atoms with E-state index >= 15 is 0 Å². The topological polar surface area (TPSA) is 81.6 Å². The zero-order valence-corrected chi connectivity index (χ0v) is 12.3. The van der Waals surface area contributed by atoms with Crippen molar-refractivity contribution >= 4 is 39.4 Å². The zero-order valence-electron chi connectivity index (χ0n) is 9.90. The van der Waals surface area contributed by atoms with Gasteiger partial charge in [0.05, 0.1) is 5.56 Å². The summed E-state index contributed by atoms with van der Waals surface area (Å²) in [4.78, 5) is 12.1. The summed E-state index contributed by atoms with van der Waals surface area (Å²) in [5.74, 6) is 0.00730. The average molecular weight is 337 g/mol. The number of carbonyl (C=O) groups is 1. The number of halogens is 1. The number of nitrogens with zero attached hydrogens (tertiary/aromatic N) is 2. The molecule has 0 saturated carbocycles. The second kappa shape index (κ2) is 5.91. The van der Waals surface area contributed by atoms with Gasteiger partial charge in [0, 0.05) is 4.47 Å². The maximum Gasteiger partial charge on any atom is 0.257 e. The Labute approximate surface area is 122 Å². The monoisotopic (exact) mass is 336 g/mol. The molecule has 0 spiro atoms. The lowest BCUT2D eigenvalue weighted by Gasteiger charge is -2.04. The fourth-order valence-electron chi connectivity index (χ4n) is 1.49. The van der Waals surface area contributed by atoms with E-state index in [0.29, 0.717) is 26.4 Å². The number of benzene rings is 1. The largest absolute Gasteiger partial charge is 0.306 e. The molecule has 0 aliphatic heterocycles. The second-order valence-electron chi connectivity index (χ2n) is 3.53. The van der Waals surface area contributed by atoms with Crippen molar-refractivity contribution in [2.45, 2.75) is 5.03 Å². The van der Waals surface area contributed by atoms with Crippen LogP contribution in [0.15, 0.2) is 33.8 Å². The lowest BCUT2D eigenvalue weighted by Crippen LogP contribution is -2.13. The van der Waals surface area contributed by atoms with Crippen molar-refractivity contribution in [1.29, 1.82) is 5.26 Å². The summed E-state index contributed by atoms with van der Waals surface area (Å²) in [6, 6.07) is 9.09. The van der Waals surface area contributed by atoms with Crippen LogP contribution in [0.2, 0.25) is 0 Å². The lowest BCUT2D eigenvalue weighted by atomic mass is 10.2. The van der Waals surface area contributed by atoms with E-state index in [9.17, 15) is 4.79 Å². The molecule has 19 heavy (non-hydrogen) atoms.